The third-order valence-corrected chi connectivity index (χ3v) is 5.64. The largest absolute Gasteiger partial charge is 0.488 e. The Hall–Kier alpha value is -1.86. The molecule has 26 heavy (non-hydrogen) atoms. The second kappa shape index (κ2) is 8.23. The highest BCUT2D eigenvalue weighted by molar-refractivity contribution is 6.58. The molecule has 0 atom stereocenters. The minimum atomic E-state index is -1.39. The first-order chi connectivity index (χ1) is 12.5. The van der Waals surface area contributed by atoms with Crippen molar-refractivity contribution < 1.29 is 19.6 Å². The number of nitrogens with one attached hydrogen (secondary N) is 2. The first-order valence-electron chi connectivity index (χ1n) is 9.57. The van der Waals surface area contributed by atoms with Gasteiger partial charge in [-0.2, -0.15) is 0 Å². The molecule has 6 nitrogen and oxygen atoms in total. The van der Waals surface area contributed by atoms with Crippen LogP contribution in [0.2, 0.25) is 0 Å². The quantitative estimate of drug-likeness (QED) is 0.303. The van der Waals surface area contributed by atoms with Crippen LogP contribution in [0.4, 0.5) is 4.79 Å². The normalized spacial score (nSPS) is 24.3. The number of carbonyl (C=O) groups is 2. The maximum Gasteiger partial charge on any atom is 0.488 e. The average Bonchev–Trinajstić information content (AvgIpc) is 2.88. The van der Waals surface area contributed by atoms with Gasteiger partial charge in [-0.15, -0.1) is 0 Å². The number of imide groups is 1. The zero-order valence-electron chi connectivity index (χ0n) is 15.0. The molecule has 1 spiro atoms. The molecular formula is C19H27BN2O4. The van der Waals surface area contributed by atoms with Gasteiger partial charge in [0.2, 0.25) is 0 Å². The van der Waals surface area contributed by atoms with Crippen molar-refractivity contribution in [2.45, 2.75) is 63.3 Å². The van der Waals surface area contributed by atoms with Gasteiger partial charge in [0, 0.05) is 0 Å². The molecule has 1 aromatic rings. The van der Waals surface area contributed by atoms with Crippen LogP contribution >= 0.6 is 0 Å². The van der Waals surface area contributed by atoms with E-state index in [1.807, 2.05) is 12.1 Å². The maximum absolute atomic E-state index is 11.7. The summed E-state index contributed by atoms with van der Waals surface area (Å²) in [6.45, 7) is 0. The highest BCUT2D eigenvalue weighted by Gasteiger charge is 2.54. The summed E-state index contributed by atoms with van der Waals surface area (Å²) >= 11 is 0. The number of hydrogen-bond acceptors (Lipinski definition) is 4. The van der Waals surface area contributed by atoms with Gasteiger partial charge in [0.25, 0.3) is 5.91 Å². The van der Waals surface area contributed by atoms with Crippen LogP contribution in [0.25, 0.3) is 0 Å². The van der Waals surface area contributed by atoms with E-state index in [0.717, 1.165) is 32.1 Å². The summed E-state index contributed by atoms with van der Waals surface area (Å²) in [7, 11) is -1.39. The molecule has 1 saturated carbocycles. The van der Waals surface area contributed by atoms with Crippen molar-refractivity contribution in [3.05, 3.63) is 29.8 Å². The molecule has 0 aromatic heterocycles. The van der Waals surface area contributed by atoms with Gasteiger partial charge in [0.05, 0.1) is 0 Å². The van der Waals surface area contributed by atoms with Crippen LogP contribution in [0.3, 0.4) is 0 Å². The molecule has 0 radical (unpaired) electrons. The summed E-state index contributed by atoms with van der Waals surface area (Å²) < 4.78 is 0. The molecule has 1 aliphatic heterocycles. The molecule has 4 N–H and O–H groups in total. The molecule has 7 heteroatoms. The highest BCUT2D eigenvalue weighted by Crippen LogP contribution is 2.42. The summed E-state index contributed by atoms with van der Waals surface area (Å²) in [6, 6.07) is 7.09. The van der Waals surface area contributed by atoms with Crippen LogP contribution in [0.1, 0.15) is 56.9 Å². The van der Waals surface area contributed by atoms with E-state index in [1.165, 1.54) is 31.2 Å². The van der Waals surface area contributed by atoms with E-state index < -0.39 is 12.7 Å². The third-order valence-electron chi connectivity index (χ3n) is 5.64. The number of benzene rings is 1. The Balaban J connectivity index is 1.21. The fourth-order valence-electron chi connectivity index (χ4n) is 4.09. The molecule has 1 aromatic carbocycles. The Kier molecular flexibility index (Phi) is 5.99. The molecular weight excluding hydrogens is 331 g/mol. The summed E-state index contributed by atoms with van der Waals surface area (Å²) in [5.41, 5.74) is 1.16. The van der Waals surface area contributed by atoms with Gasteiger partial charge in [-0.3, -0.25) is 10.1 Å². The van der Waals surface area contributed by atoms with Crippen LogP contribution in [0, 0.1) is 5.92 Å². The second-order valence-corrected chi connectivity index (χ2v) is 7.69. The average molecular weight is 358 g/mol. The predicted molar refractivity (Wildman–Crippen MR) is 99.8 cm³/mol. The first-order valence-corrected chi connectivity index (χ1v) is 9.57. The van der Waals surface area contributed by atoms with Gasteiger partial charge >= 0.3 is 13.1 Å². The highest BCUT2D eigenvalue weighted by atomic mass is 16.4. The minimum absolute atomic E-state index is 0.153. The predicted octanol–water partition coefficient (Wildman–Crippen LogP) is 1.24. The zero-order chi connectivity index (χ0) is 18.6. The summed E-state index contributed by atoms with van der Waals surface area (Å²) in [5, 5.41) is 23.2. The number of urea groups is 1. The topological polar surface area (TPSA) is 98.7 Å². The Morgan fingerprint density at radius 1 is 1.00 bits per heavy atom. The van der Waals surface area contributed by atoms with Gasteiger partial charge in [-0.1, -0.05) is 56.4 Å². The van der Waals surface area contributed by atoms with Gasteiger partial charge in [-0.05, 0) is 42.6 Å². The van der Waals surface area contributed by atoms with E-state index in [0.29, 0.717) is 11.4 Å². The lowest BCUT2D eigenvalue weighted by Gasteiger charge is -2.42. The van der Waals surface area contributed by atoms with E-state index in [9.17, 15) is 9.59 Å². The van der Waals surface area contributed by atoms with Gasteiger partial charge < -0.3 is 15.4 Å². The number of amides is 3. The van der Waals surface area contributed by atoms with Crippen molar-refractivity contribution in [2.75, 3.05) is 0 Å². The van der Waals surface area contributed by atoms with Crippen LogP contribution in [-0.2, 0) is 11.2 Å². The van der Waals surface area contributed by atoms with E-state index >= 15 is 0 Å². The van der Waals surface area contributed by atoms with Crippen molar-refractivity contribution >= 4 is 24.5 Å². The molecule has 3 rings (SSSR count). The molecule has 3 amide bonds. The summed E-state index contributed by atoms with van der Waals surface area (Å²) in [4.78, 5) is 22.9. The molecule has 1 aliphatic carbocycles. The molecule has 140 valence electrons. The van der Waals surface area contributed by atoms with Gasteiger partial charge in [0.15, 0.2) is 0 Å². The molecule has 0 bridgehead atoms. The van der Waals surface area contributed by atoms with Crippen LogP contribution in [0.5, 0.6) is 0 Å². The van der Waals surface area contributed by atoms with Crippen LogP contribution in [0.15, 0.2) is 24.3 Å². The second-order valence-electron chi connectivity index (χ2n) is 7.69. The number of hydrogen-bond donors (Lipinski definition) is 4. The van der Waals surface area contributed by atoms with Crippen molar-refractivity contribution in [2.24, 2.45) is 5.92 Å². The van der Waals surface area contributed by atoms with E-state index in [4.69, 9.17) is 10.0 Å². The van der Waals surface area contributed by atoms with Crippen LogP contribution in [-0.4, -0.2) is 34.6 Å². The van der Waals surface area contributed by atoms with Crippen molar-refractivity contribution in [3.63, 3.8) is 0 Å². The SMILES string of the molecule is O=C1NC(=O)C2(CC(CCCCCCCc3ccc(B(O)O)cc3)C2)N1. The standard InChI is InChI=1S/C19H27BN2O4/c23-17-19(22-18(24)21-17)12-15(13-19)7-5-3-1-2-4-6-14-8-10-16(11-9-14)20(25)26/h8-11,15,25-26H,1-7,12-13H2,(H2,21,22,23,24). The summed E-state index contributed by atoms with van der Waals surface area (Å²) in [6.07, 6.45) is 9.64. The van der Waals surface area contributed by atoms with Crippen molar-refractivity contribution in [1.29, 1.82) is 0 Å². The summed E-state index contributed by atoms with van der Waals surface area (Å²) in [5.74, 6) is 0.403. The Bertz CT molecular complexity index is 641. The Morgan fingerprint density at radius 2 is 1.65 bits per heavy atom. The number of unbranched alkanes of at least 4 members (excludes halogenated alkanes) is 4. The smallest absolute Gasteiger partial charge is 0.423 e. The van der Waals surface area contributed by atoms with Gasteiger partial charge in [0.1, 0.15) is 5.54 Å². The van der Waals surface area contributed by atoms with E-state index in [1.54, 1.807) is 12.1 Å². The third kappa shape index (κ3) is 4.45. The Morgan fingerprint density at radius 3 is 2.27 bits per heavy atom. The molecule has 1 saturated heterocycles. The van der Waals surface area contributed by atoms with E-state index in [2.05, 4.69) is 10.6 Å². The monoisotopic (exact) mass is 358 g/mol. The van der Waals surface area contributed by atoms with Crippen molar-refractivity contribution in [1.82, 2.24) is 10.6 Å². The maximum atomic E-state index is 11.7. The number of aryl methyl sites for hydroxylation is 1. The van der Waals surface area contributed by atoms with Crippen LogP contribution < -0.4 is 16.1 Å². The number of carbonyl (C=O) groups excluding carboxylic acids is 2. The lowest BCUT2D eigenvalue weighted by Crippen LogP contribution is -2.56. The lowest BCUT2D eigenvalue weighted by molar-refractivity contribution is -0.128. The van der Waals surface area contributed by atoms with Gasteiger partial charge in [-0.25, -0.2) is 4.79 Å². The number of rotatable bonds is 9. The van der Waals surface area contributed by atoms with Crippen molar-refractivity contribution in [3.8, 4) is 0 Å². The molecule has 2 fully saturated rings. The molecule has 1 heterocycles. The molecule has 2 aliphatic rings. The fourth-order valence-corrected chi connectivity index (χ4v) is 4.09. The Labute approximate surface area is 154 Å². The minimum Gasteiger partial charge on any atom is -0.423 e. The first kappa shape index (κ1) is 18.9. The zero-order valence-corrected chi connectivity index (χ0v) is 15.0. The van der Waals surface area contributed by atoms with E-state index in [-0.39, 0.29) is 11.9 Å². The molecule has 0 unspecified atom stereocenters. The lowest BCUT2D eigenvalue weighted by atomic mass is 9.66. The fraction of sp³-hybridized carbons (Fsp3) is 0.579.